The van der Waals surface area contributed by atoms with Gasteiger partial charge >= 0.3 is 0 Å². The predicted octanol–water partition coefficient (Wildman–Crippen LogP) is 2.84. The van der Waals surface area contributed by atoms with Crippen LogP contribution in [0, 0.1) is 0 Å². The fourth-order valence-electron chi connectivity index (χ4n) is 5.16. The van der Waals surface area contributed by atoms with Gasteiger partial charge in [-0.1, -0.05) is 30.3 Å². The van der Waals surface area contributed by atoms with Crippen LogP contribution in [0.5, 0.6) is 0 Å². The lowest BCUT2D eigenvalue weighted by Gasteiger charge is -2.20. The first-order valence-corrected chi connectivity index (χ1v) is 14.1. The molecule has 0 saturated carbocycles. The Hall–Kier alpha value is -5.97. The summed E-state index contributed by atoms with van der Waals surface area (Å²) in [7, 11) is 7.74. The zero-order chi connectivity index (χ0) is 31.7. The molecule has 1 amide bonds. The lowest BCUT2D eigenvalue weighted by atomic mass is 9.89. The summed E-state index contributed by atoms with van der Waals surface area (Å²) in [6.07, 6.45) is 1.26. The van der Waals surface area contributed by atoms with Gasteiger partial charge < -0.3 is 24.5 Å². The minimum atomic E-state index is -1.35. The molecule has 1 aromatic heterocycles. The summed E-state index contributed by atoms with van der Waals surface area (Å²) in [5.41, 5.74) is 5.08. The van der Waals surface area contributed by atoms with Crippen LogP contribution in [-0.2, 0) is 6.54 Å². The molecule has 1 aliphatic carbocycles. The maximum absolute atomic E-state index is 13.4. The molecule has 0 radical (unpaired) electrons. The number of benzene rings is 4. The highest BCUT2D eigenvalue weighted by Crippen LogP contribution is 2.42. The number of carbonyl (C=O) groups excluding carboxylic acids is 2. The number of hydrogen-bond acceptors (Lipinski definition) is 9. The molecule has 1 aliphatic heterocycles. The first-order valence-electron chi connectivity index (χ1n) is 14.1. The van der Waals surface area contributed by atoms with Gasteiger partial charge in [0.15, 0.2) is 6.33 Å². The summed E-state index contributed by atoms with van der Waals surface area (Å²) in [4.78, 5) is 27.8. The third-order valence-corrected chi connectivity index (χ3v) is 7.57. The molecule has 45 heavy (non-hydrogen) atoms. The third kappa shape index (κ3) is 5.83. The van der Waals surface area contributed by atoms with E-state index in [9.17, 15) is 14.7 Å². The molecule has 0 bridgehead atoms. The number of nitrogens with zero attached hydrogens (tertiary/aromatic N) is 6. The zero-order valence-corrected chi connectivity index (χ0v) is 25.1. The Morgan fingerprint density at radius 2 is 1.64 bits per heavy atom. The van der Waals surface area contributed by atoms with Gasteiger partial charge in [0.05, 0.1) is 12.0 Å². The number of fused-ring (bicyclic) bond motifs is 2. The maximum atomic E-state index is 13.4. The summed E-state index contributed by atoms with van der Waals surface area (Å²) in [5, 5.41) is 32.4. The van der Waals surface area contributed by atoms with Gasteiger partial charge in [-0.3, -0.25) is 4.79 Å². The van der Waals surface area contributed by atoms with E-state index in [-0.39, 0.29) is 18.0 Å². The molecule has 0 unspecified atom stereocenters. The van der Waals surface area contributed by atoms with Crippen molar-refractivity contribution in [3.05, 3.63) is 107 Å². The van der Waals surface area contributed by atoms with Crippen molar-refractivity contribution in [2.24, 2.45) is 0 Å². The Bertz CT molecular complexity index is 2100. The summed E-state index contributed by atoms with van der Waals surface area (Å²) in [6, 6.07) is 23.4. The molecule has 0 fully saturated rings. The van der Waals surface area contributed by atoms with Crippen LogP contribution in [0.4, 0.5) is 5.69 Å². The molecule has 4 aromatic rings. The van der Waals surface area contributed by atoms with Crippen molar-refractivity contribution in [2.75, 3.05) is 33.1 Å². The molecule has 0 atom stereocenters. The number of carboxylic acid groups (broad SMARTS) is 1. The van der Waals surface area contributed by atoms with E-state index in [1.165, 1.54) is 18.5 Å². The largest absolute Gasteiger partial charge is 0.545 e. The van der Waals surface area contributed by atoms with Crippen LogP contribution >= 0.6 is 0 Å². The van der Waals surface area contributed by atoms with Crippen molar-refractivity contribution in [3.63, 3.8) is 0 Å². The van der Waals surface area contributed by atoms with Gasteiger partial charge in [0.25, 0.3) is 5.91 Å². The van der Waals surface area contributed by atoms with Gasteiger partial charge in [0, 0.05) is 71.7 Å². The Morgan fingerprint density at radius 1 is 0.889 bits per heavy atom. The van der Waals surface area contributed by atoms with E-state index in [1.807, 2.05) is 98.3 Å². The van der Waals surface area contributed by atoms with Crippen molar-refractivity contribution in [1.29, 1.82) is 0 Å². The third-order valence-electron chi connectivity index (χ3n) is 7.57. The standard InChI is InChI=1S/C34H29N7O4/c1-40(2)23-10-13-26-29(16-23)45-30-17-24(41(3)4)11-14-27(30)31(26)28-15-22(9-12-25(28)34(43)44)33(42)35-18-20-5-7-21(8-6-20)32-38-36-19-37-39-32/h5-17,19H,18H2,1-4H3,(H-,35,42,43,44). The molecule has 11 heteroatoms. The predicted molar refractivity (Wildman–Crippen MR) is 168 cm³/mol. The van der Waals surface area contributed by atoms with E-state index in [4.69, 9.17) is 4.42 Å². The highest BCUT2D eigenvalue weighted by atomic mass is 16.4. The molecular formula is C34H29N7O4. The topological polar surface area (TPSA) is 140 Å². The number of carbonyl (C=O) groups is 2. The Morgan fingerprint density at radius 3 is 2.33 bits per heavy atom. The summed E-state index contributed by atoms with van der Waals surface area (Å²) in [5.74, 6) is -0.723. The molecular weight excluding hydrogens is 570 g/mol. The minimum Gasteiger partial charge on any atom is -0.545 e. The molecule has 0 spiro atoms. The van der Waals surface area contributed by atoms with Crippen LogP contribution in [0.2, 0.25) is 0 Å². The highest BCUT2D eigenvalue weighted by Gasteiger charge is 2.22. The SMILES string of the molecule is CN(C)c1ccc2c(-c3cc(C(=O)NCc4ccc(-c5nncnn5)cc4)ccc3C(=O)[O-])c3ccc(=[N+](C)C)cc-3oc2c1. The van der Waals surface area contributed by atoms with Gasteiger partial charge in [-0.2, -0.15) is 0 Å². The lowest BCUT2D eigenvalue weighted by molar-refractivity contribution is -0.254. The molecule has 2 aliphatic rings. The Labute approximate surface area is 258 Å². The maximum Gasteiger partial charge on any atom is 0.251 e. The van der Waals surface area contributed by atoms with Crippen LogP contribution in [0.1, 0.15) is 26.3 Å². The summed E-state index contributed by atoms with van der Waals surface area (Å²) in [6.45, 7) is 0.250. The number of amides is 1. The van der Waals surface area contributed by atoms with Crippen LogP contribution in [0.15, 0.2) is 89.6 Å². The van der Waals surface area contributed by atoms with Crippen molar-refractivity contribution >= 4 is 28.5 Å². The van der Waals surface area contributed by atoms with E-state index in [0.717, 1.165) is 22.2 Å². The van der Waals surface area contributed by atoms with Gasteiger partial charge in [0.1, 0.15) is 25.4 Å². The second kappa shape index (κ2) is 12.0. The first kappa shape index (κ1) is 29.1. The monoisotopic (exact) mass is 599 g/mol. The van der Waals surface area contributed by atoms with E-state index >= 15 is 0 Å². The smallest absolute Gasteiger partial charge is 0.251 e. The van der Waals surface area contributed by atoms with Crippen molar-refractivity contribution < 1.29 is 19.1 Å². The first-order chi connectivity index (χ1) is 21.7. The fraction of sp³-hybridized carbons (Fsp3) is 0.147. The van der Waals surface area contributed by atoms with Crippen LogP contribution < -0.4 is 25.3 Å². The number of anilines is 1. The lowest BCUT2D eigenvalue weighted by Crippen LogP contribution is -2.25. The molecule has 0 saturated heterocycles. The highest BCUT2D eigenvalue weighted by molar-refractivity contribution is 6.09. The van der Waals surface area contributed by atoms with Crippen LogP contribution in [0.3, 0.4) is 0 Å². The number of hydrogen-bond donors (Lipinski definition) is 1. The molecule has 11 nitrogen and oxygen atoms in total. The van der Waals surface area contributed by atoms with E-state index in [0.29, 0.717) is 44.8 Å². The zero-order valence-electron chi connectivity index (χ0n) is 25.1. The van der Waals surface area contributed by atoms with Crippen molar-refractivity contribution in [3.8, 4) is 33.8 Å². The average molecular weight is 600 g/mol. The number of rotatable bonds is 7. The van der Waals surface area contributed by atoms with E-state index < -0.39 is 5.97 Å². The minimum absolute atomic E-state index is 0.0311. The second-order valence-corrected chi connectivity index (χ2v) is 10.9. The average Bonchev–Trinajstić information content (AvgIpc) is 3.05. The van der Waals surface area contributed by atoms with E-state index in [1.54, 1.807) is 6.07 Å². The molecule has 3 aromatic carbocycles. The van der Waals surface area contributed by atoms with Gasteiger partial charge in [0.2, 0.25) is 11.2 Å². The van der Waals surface area contributed by atoms with Gasteiger partial charge in [-0.25, -0.2) is 4.58 Å². The molecule has 2 heterocycles. The number of aromatic carboxylic acids is 1. The van der Waals surface area contributed by atoms with Crippen molar-refractivity contribution in [2.45, 2.75) is 6.54 Å². The molecule has 1 N–H and O–H groups in total. The van der Waals surface area contributed by atoms with E-state index in [2.05, 4.69) is 25.7 Å². The van der Waals surface area contributed by atoms with Gasteiger partial charge in [-0.15, -0.1) is 20.4 Å². The number of carboxylic acids is 1. The Balaban J connectivity index is 1.41. The quantitative estimate of drug-likeness (QED) is 0.217. The number of aromatic nitrogens is 4. The normalized spacial score (nSPS) is 11.0. The molecule has 224 valence electrons. The Kier molecular flexibility index (Phi) is 7.74. The summed E-state index contributed by atoms with van der Waals surface area (Å²) >= 11 is 0. The van der Waals surface area contributed by atoms with Crippen molar-refractivity contribution in [1.82, 2.24) is 30.3 Å². The van der Waals surface area contributed by atoms with Crippen LogP contribution in [0.25, 0.3) is 44.8 Å². The number of nitrogens with one attached hydrogen (secondary N) is 1. The van der Waals surface area contributed by atoms with Gasteiger partial charge in [-0.05, 0) is 41.5 Å². The van der Waals surface area contributed by atoms with Crippen LogP contribution in [-0.4, -0.2) is 60.5 Å². The molecule has 6 rings (SSSR count). The summed E-state index contributed by atoms with van der Waals surface area (Å²) < 4.78 is 8.34. The second-order valence-electron chi connectivity index (χ2n) is 10.9. The fourth-order valence-corrected chi connectivity index (χ4v) is 5.16.